The maximum absolute atomic E-state index is 12.2. The SMILES string of the molecule is O=C1[C@H]2CCCC[C@@H]2C(=O)N1CNc1ccccc1. The molecule has 1 aliphatic carbocycles. The second-order valence-corrected chi connectivity index (χ2v) is 5.30. The van der Waals surface area contributed by atoms with E-state index in [-0.39, 0.29) is 30.3 Å². The molecule has 3 rings (SSSR count). The number of rotatable bonds is 3. The minimum atomic E-state index is -0.0566. The van der Waals surface area contributed by atoms with Crippen molar-refractivity contribution in [3.8, 4) is 0 Å². The summed E-state index contributed by atoms with van der Waals surface area (Å²) in [5.74, 6) is -0.0890. The smallest absolute Gasteiger partial charge is 0.234 e. The number of carbonyl (C=O) groups is 2. The van der Waals surface area contributed by atoms with Gasteiger partial charge in [-0.15, -0.1) is 0 Å². The van der Waals surface area contributed by atoms with Crippen LogP contribution in [0, 0.1) is 11.8 Å². The molecule has 1 heterocycles. The summed E-state index contributed by atoms with van der Waals surface area (Å²) in [6.45, 7) is 0.286. The molecule has 1 saturated heterocycles. The molecule has 4 nitrogen and oxygen atoms in total. The first kappa shape index (κ1) is 12.2. The molecule has 0 spiro atoms. The van der Waals surface area contributed by atoms with Crippen LogP contribution in [0.3, 0.4) is 0 Å². The molecule has 2 amide bonds. The van der Waals surface area contributed by atoms with Crippen LogP contribution in [0.5, 0.6) is 0 Å². The van der Waals surface area contributed by atoms with Gasteiger partial charge in [0.2, 0.25) is 11.8 Å². The van der Waals surface area contributed by atoms with Crippen molar-refractivity contribution in [3.05, 3.63) is 30.3 Å². The minimum Gasteiger partial charge on any atom is -0.367 e. The van der Waals surface area contributed by atoms with E-state index in [1.54, 1.807) is 0 Å². The largest absolute Gasteiger partial charge is 0.367 e. The monoisotopic (exact) mass is 258 g/mol. The minimum absolute atomic E-state index is 0.0122. The van der Waals surface area contributed by atoms with E-state index in [9.17, 15) is 9.59 Å². The number of likely N-dealkylation sites (tertiary alicyclic amines) is 1. The van der Waals surface area contributed by atoms with Gasteiger partial charge in [-0.2, -0.15) is 0 Å². The number of nitrogens with zero attached hydrogens (tertiary/aromatic N) is 1. The predicted molar refractivity (Wildman–Crippen MR) is 72.2 cm³/mol. The van der Waals surface area contributed by atoms with Crippen molar-refractivity contribution in [1.29, 1.82) is 0 Å². The van der Waals surface area contributed by atoms with Crippen molar-refractivity contribution >= 4 is 17.5 Å². The van der Waals surface area contributed by atoms with Gasteiger partial charge < -0.3 is 5.32 Å². The lowest BCUT2D eigenvalue weighted by molar-refractivity contribution is -0.139. The number of hydrogen-bond acceptors (Lipinski definition) is 3. The molecular weight excluding hydrogens is 240 g/mol. The van der Waals surface area contributed by atoms with Crippen LogP contribution in [0.15, 0.2) is 30.3 Å². The number of fused-ring (bicyclic) bond motifs is 1. The summed E-state index contributed by atoms with van der Waals surface area (Å²) in [5, 5.41) is 3.14. The standard InChI is InChI=1S/C15H18N2O2/c18-14-12-8-4-5-9-13(12)15(19)17(14)10-16-11-6-2-1-3-7-11/h1-3,6-7,12-13,16H,4-5,8-10H2/t12-,13-/m0/s1. The van der Waals surface area contributed by atoms with Crippen LogP contribution < -0.4 is 5.32 Å². The van der Waals surface area contributed by atoms with Crippen molar-refractivity contribution in [2.24, 2.45) is 11.8 Å². The number of imide groups is 1. The van der Waals surface area contributed by atoms with Gasteiger partial charge in [-0.05, 0) is 25.0 Å². The van der Waals surface area contributed by atoms with Crippen LogP contribution in [0.2, 0.25) is 0 Å². The van der Waals surface area contributed by atoms with Crippen molar-refractivity contribution in [1.82, 2.24) is 4.90 Å². The highest BCUT2D eigenvalue weighted by atomic mass is 16.2. The normalized spacial score (nSPS) is 26.4. The van der Waals surface area contributed by atoms with Crippen LogP contribution in [0.1, 0.15) is 25.7 Å². The van der Waals surface area contributed by atoms with E-state index < -0.39 is 0 Å². The second-order valence-electron chi connectivity index (χ2n) is 5.30. The molecule has 2 atom stereocenters. The number of hydrogen-bond donors (Lipinski definition) is 1. The Morgan fingerprint density at radius 1 is 1.00 bits per heavy atom. The van der Waals surface area contributed by atoms with Crippen molar-refractivity contribution in [2.75, 3.05) is 12.0 Å². The molecule has 0 aromatic heterocycles. The van der Waals surface area contributed by atoms with E-state index in [1.807, 2.05) is 30.3 Å². The van der Waals surface area contributed by atoms with E-state index in [4.69, 9.17) is 0 Å². The third-order valence-corrected chi connectivity index (χ3v) is 4.15. The van der Waals surface area contributed by atoms with Gasteiger partial charge >= 0.3 is 0 Å². The third-order valence-electron chi connectivity index (χ3n) is 4.15. The number of benzene rings is 1. The van der Waals surface area contributed by atoms with Gasteiger partial charge in [0.25, 0.3) is 0 Å². The summed E-state index contributed by atoms with van der Waals surface area (Å²) < 4.78 is 0. The summed E-state index contributed by atoms with van der Waals surface area (Å²) in [7, 11) is 0. The van der Waals surface area contributed by atoms with Gasteiger partial charge in [0.1, 0.15) is 0 Å². The highest BCUT2D eigenvalue weighted by Gasteiger charge is 2.47. The lowest BCUT2D eigenvalue weighted by Crippen LogP contribution is -2.35. The zero-order valence-corrected chi connectivity index (χ0v) is 10.8. The quantitative estimate of drug-likeness (QED) is 0.846. The van der Waals surface area contributed by atoms with Gasteiger partial charge in [-0.25, -0.2) is 0 Å². The Morgan fingerprint density at radius 3 is 2.16 bits per heavy atom. The Hall–Kier alpha value is -1.84. The maximum atomic E-state index is 12.2. The fourth-order valence-corrected chi connectivity index (χ4v) is 3.11. The van der Waals surface area contributed by atoms with E-state index in [2.05, 4.69) is 5.32 Å². The first-order valence-electron chi connectivity index (χ1n) is 6.91. The third kappa shape index (κ3) is 2.23. The summed E-state index contributed by atoms with van der Waals surface area (Å²) >= 11 is 0. The number of carbonyl (C=O) groups excluding carboxylic acids is 2. The number of amides is 2. The highest BCUT2D eigenvalue weighted by Crippen LogP contribution is 2.37. The molecule has 1 N–H and O–H groups in total. The van der Waals surface area contributed by atoms with Crippen molar-refractivity contribution in [3.63, 3.8) is 0 Å². The zero-order chi connectivity index (χ0) is 13.2. The summed E-state index contributed by atoms with van der Waals surface area (Å²) in [4.78, 5) is 25.9. The van der Waals surface area contributed by atoms with E-state index in [0.29, 0.717) is 0 Å². The Bertz CT molecular complexity index is 462. The Balaban J connectivity index is 1.68. The van der Waals surface area contributed by atoms with Gasteiger partial charge in [-0.3, -0.25) is 14.5 Å². The molecule has 4 heteroatoms. The number of anilines is 1. The van der Waals surface area contributed by atoms with Crippen LogP contribution in [0.25, 0.3) is 0 Å². The van der Waals surface area contributed by atoms with E-state index in [0.717, 1.165) is 31.4 Å². The highest BCUT2D eigenvalue weighted by molar-refractivity contribution is 6.05. The van der Waals surface area contributed by atoms with Gasteiger partial charge in [0, 0.05) is 5.69 Å². The lowest BCUT2D eigenvalue weighted by Gasteiger charge is -2.19. The molecule has 1 aliphatic heterocycles. The number of para-hydroxylation sites is 1. The predicted octanol–water partition coefficient (Wildman–Crippen LogP) is 2.23. The average molecular weight is 258 g/mol. The Kier molecular flexibility index (Phi) is 3.23. The first-order chi connectivity index (χ1) is 9.27. The van der Waals surface area contributed by atoms with Gasteiger partial charge in [0.05, 0.1) is 18.5 Å². The summed E-state index contributed by atoms with van der Waals surface area (Å²) in [6.07, 6.45) is 3.88. The second kappa shape index (κ2) is 5.03. The Morgan fingerprint density at radius 2 is 1.58 bits per heavy atom. The van der Waals surface area contributed by atoms with Gasteiger partial charge in [-0.1, -0.05) is 31.0 Å². The van der Waals surface area contributed by atoms with Crippen molar-refractivity contribution in [2.45, 2.75) is 25.7 Å². The molecule has 2 fully saturated rings. The average Bonchev–Trinajstić information content (AvgIpc) is 2.71. The molecule has 19 heavy (non-hydrogen) atoms. The lowest BCUT2D eigenvalue weighted by atomic mass is 9.81. The van der Waals surface area contributed by atoms with Crippen LogP contribution in [-0.4, -0.2) is 23.4 Å². The topological polar surface area (TPSA) is 49.4 Å². The Labute approximate surface area is 112 Å². The molecule has 0 unspecified atom stereocenters. The fraction of sp³-hybridized carbons (Fsp3) is 0.467. The maximum Gasteiger partial charge on any atom is 0.234 e. The molecule has 2 aliphatic rings. The molecule has 1 aromatic rings. The van der Waals surface area contributed by atoms with E-state index >= 15 is 0 Å². The van der Waals surface area contributed by atoms with Crippen LogP contribution >= 0.6 is 0 Å². The van der Waals surface area contributed by atoms with E-state index in [1.165, 1.54) is 4.90 Å². The number of nitrogens with one attached hydrogen (secondary N) is 1. The first-order valence-corrected chi connectivity index (χ1v) is 6.91. The molecule has 1 aromatic carbocycles. The summed E-state index contributed by atoms with van der Waals surface area (Å²) in [6, 6.07) is 9.65. The van der Waals surface area contributed by atoms with Crippen LogP contribution in [-0.2, 0) is 9.59 Å². The molecular formula is C15H18N2O2. The van der Waals surface area contributed by atoms with Crippen LogP contribution in [0.4, 0.5) is 5.69 Å². The molecule has 0 radical (unpaired) electrons. The molecule has 100 valence electrons. The summed E-state index contributed by atoms with van der Waals surface area (Å²) in [5.41, 5.74) is 0.929. The fourth-order valence-electron chi connectivity index (χ4n) is 3.11. The van der Waals surface area contributed by atoms with Gasteiger partial charge in [0.15, 0.2) is 0 Å². The molecule has 1 saturated carbocycles. The van der Waals surface area contributed by atoms with Crippen molar-refractivity contribution < 1.29 is 9.59 Å². The molecule has 0 bridgehead atoms. The zero-order valence-electron chi connectivity index (χ0n) is 10.8.